The van der Waals surface area contributed by atoms with Crippen LogP contribution < -0.4 is 4.74 Å². The lowest BCUT2D eigenvalue weighted by Crippen LogP contribution is -1.98. The number of alkyl halides is 1. The van der Waals surface area contributed by atoms with Gasteiger partial charge in [-0.3, -0.25) is 0 Å². The van der Waals surface area contributed by atoms with E-state index in [4.69, 9.17) is 39.5 Å². The Morgan fingerprint density at radius 1 is 1.11 bits per heavy atom. The largest absolute Gasteiger partial charge is 0.495 e. The van der Waals surface area contributed by atoms with Crippen LogP contribution in [0.25, 0.3) is 0 Å². The van der Waals surface area contributed by atoms with Gasteiger partial charge >= 0.3 is 0 Å². The van der Waals surface area contributed by atoms with E-state index in [0.717, 1.165) is 15.6 Å². The maximum atomic E-state index is 6.51. The minimum atomic E-state index is -0.386. The maximum Gasteiger partial charge on any atom is 0.138 e. The number of benzene rings is 2. The summed E-state index contributed by atoms with van der Waals surface area (Å²) in [5, 5.41) is 0.849. The zero-order chi connectivity index (χ0) is 14.0. The van der Waals surface area contributed by atoms with Crippen LogP contribution in [-0.4, -0.2) is 7.11 Å². The van der Waals surface area contributed by atoms with E-state index in [9.17, 15) is 0 Å². The molecule has 0 aliphatic carbocycles. The van der Waals surface area contributed by atoms with Crippen molar-refractivity contribution in [2.75, 3.05) is 7.11 Å². The molecule has 0 bridgehead atoms. The summed E-state index contributed by atoms with van der Waals surface area (Å²) in [4.78, 5) is 0. The van der Waals surface area contributed by atoms with Crippen LogP contribution in [0, 0.1) is 0 Å². The second kappa shape index (κ2) is 6.36. The van der Waals surface area contributed by atoms with Crippen LogP contribution in [0.2, 0.25) is 10.0 Å². The van der Waals surface area contributed by atoms with Gasteiger partial charge in [0.25, 0.3) is 0 Å². The predicted octanol–water partition coefficient (Wildman–Crippen LogP) is 6.09. The number of methoxy groups -OCH3 is 1. The van der Waals surface area contributed by atoms with Gasteiger partial charge in [0.05, 0.1) is 17.0 Å². The van der Waals surface area contributed by atoms with Gasteiger partial charge in [0.2, 0.25) is 0 Å². The van der Waals surface area contributed by atoms with Gasteiger partial charge in [-0.1, -0.05) is 35.3 Å². The molecule has 0 radical (unpaired) electrons. The van der Waals surface area contributed by atoms with E-state index in [-0.39, 0.29) is 5.38 Å². The summed E-state index contributed by atoms with van der Waals surface area (Å²) in [5.74, 6) is 0.671. The van der Waals surface area contributed by atoms with Crippen LogP contribution in [0.5, 0.6) is 5.75 Å². The first-order valence-electron chi connectivity index (χ1n) is 5.45. The minimum Gasteiger partial charge on any atom is -0.495 e. The molecule has 0 spiro atoms. The average molecular weight is 380 g/mol. The molecule has 100 valence electrons. The lowest BCUT2D eigenvalue weighted by Gasteiger charge is -2.16. The molecule has 2 aromatic carbocycles. The summed E-state index contributed by atoms with van der Waals surface area (Å²) in [5.41, 5.74) is 1.69. The van der Waals surface area contributed by atoms with Gasteiger partial charge in [-0.2, -0.15) is 0 Å². The Balaban J connectivity index is 2.52. The number of ether oxygens (including phenoxy) is 1. The van der Waals surface area contributed by atoms with E-state index in [1.165, 1.54) is 0 Å². The Morgan fingerprint density at radius 2 is 1.84 bits per heavy atom. The first-order valence-corrected chi connectivity index (χ1v) is 7.44. The Morgan fingerprint density at radius 3 is 2.47 bits per heavy atom. The van der Waals surface area contributed by atoms with Gasteiger partial charge in [-0.15, -0.1) is 11.6 Å². The molecule has 1 unspecified atom stereocenters. The molecule has 19 heavy (non-hydrogen) atoms. The monoisotopic (exact) mass is 378 g/mol. The number of hydrogen-bond acceptors (Lipinski definition) is 1. The highest BCUT2D eigenvalue weighted by molar-refractivity contribution is 9.10. The maximum absolute atomic E-state index is 6.51. The van der Waals surface area contributed by atoms with Crippen molar-refractivity contribution in [3.8, 4) is 5.75 Å². The SMILES string of the molecule is COc1c(Br)cc(Cl)cc1C(Cl)c1cccc(Cl)c1. The molecule has 5 heteroatoms. The van der Waals surface area contributed by atoms with Gasteiger partial charge in [0.1, 0.15) is 5.75 Å². The molecule has 0 fully saturated rings. The van der Waals surface area contributed by atoms with Crippen molar-refractivity contribution in [2.45, 2.75) is 5.38 Å². The van der Waals surface area contributed by atoms with Crippen LogP contribution in [-0.2, 0) is 0 Å². The van der Waals surface area contributed by atoms with Gasteiger partial charge in [0, 0.05) is 15.6 Å². The molecular formula is C14H10BrCl3O. The molecule has 1 atom stereocenters. The highest BCUT2D eigenvalue weighted by Crippen LogP contribution is 2.41. The fraction of sp³-hybridized carbons (Fsp3) is 0.143. The van der Waals surface area contributed by atoms with Crippen LogP contribution in [0.4, 0.5) is 0 Å². The van der Waals surface area contributed by atoms with Crippen LogP contribution >= 0.6 is 50.7 Å². The third-order valence-electron chi connectivity index (χ3n) is 2.66. The van der Waals surface area contributed by atoms with Crippen LogP contribution in [0.15, 0.2) is 40.9 Å². The zero-order valence-corrected chi connectivity index (χ0v) is 13.8. The fourth-order valence-corrected chi connectivity index (χ4v) is 3.32. The van der Waals surface area contributed by atoms with Crippen molar-refractivity contribution in [3.05, 3.63) is 62.0 Å². The second-order valence-corrected chi connectivity index (χ2v) is 6.09. The van der Waals surface area contributed by atoms with E-state index in [1.54, 1.807) is 25.3 Å². The van der Waals surface area contributed by atoms with E-state index in [2.05, 4.69) is 15.9 Å². The van der Waals surface area contributed by atoms with E-state index >= 15 is 0 Å². The third-order valence-corrected chi connectivity index (χ3v) is 4.19. The second-order valence-electron chi connectivity index (χ2n) is 3.93. The van der Waals surface area contributed by atoms with E-state index < -0.39 is 0 Å². The highest BCUT2D eigenvalue weighted by Gasteiger charge is 2.19. The number of hydrogen-bond donors (Lipinski definition) is 0. The topological polar surface area (TPSA) is 9.23 Å². The van der Waals surface area contributed by atoms with Crippen molar-refractivity contribution in [1.29, 1.82) is 0 Å². The molecule has 0 aromatic heterocycles. The van der Waals surface area contributed by atoms with Crippen molar-refractivity contribution >= 4 is 50.7 Å². The lowest BCUT2D eigenvalue weighted by atomic mass is 10.0. The molecule has 0 aliphatic heterocycles. The quantitative estimate of drug-likeness (QED) is 0.585. The Labute approximate surface area is 135 Å². The summed E-state index contributed by atoms with van der Waals surface area (Å²) >= 11 is 22.0. The van der Waals surface area contributed by atoms with E-state index in [0.29, 0.717) is 15.8 Å². The highest BCUT2D eigenvalue weighted by atomic mass is 79.9. The Kier molecular flexibility index (Phi) is 5.02. The fourth-order valence-electron chi connectivity index (χ4n) is 1.83. The molecule has 2 rings (SSSR count). The average Bonchev–Trinajstić information content (AvgIpc) is 2.37. The Hall–Kier alpha value is -0.410. The summed E-state index contributed by atoms with van der Waals surface area (Å²) < 4.78 is 6.15. The zero-order valence-electron chi connectivity index (χ0n) is 9.96. The molecule has 0 N–H and O–H groups in total. The summed E-state index contributed by atoms with van der Waals surface area (Å²) in [6.45, 7) is 0. The van der Waals surface area contributed by atoms with Gasteiger partial charge in [-0.25, -0.2) is 0 Å². The van der Waals surface area contributed by atoms with Crippen molar-refractivity contribution in [2.24, 2.45) is 0 Å². The summed E-state index contributed by atoms with van der Waals surface area (Å²) in [6, 6.07) is 11.0. The Bertz CT molecular complexity index is 601. The lowest BCUT2D eigenvalue weighted by molar-refractivity contribution is 0.407. The first kappa shape index (κ1) is 15.0. The minimum absolute atomic E-state index is 0.386. The van der Waals surface area contributed by atoms with Gasteiger partial charge in [0.15, 0.2) is 0 Å². The van der Waals surface area contributed by atoms with Crippen molar-refractivity contribution in [1.82, 2.24) is 0 Å². The summed E-state index contributed by atoms with van der Waals surface area (Å²) in [7, 11) is 1.60. The smallest absolute Gasteiger partial charge is 0.138 e. The van der Waals surface area contributed by atoms with Crippen LogP contribution in [0.1, 0.15) is 16.5 Å². The van der Waals surface area contributed by atoms with Gasteiger partial charge in [-0.05, 0) is 45.8 Å². The van der Waals surface area contributed by atoms with Gasteiger partial charge < -0.3 is 4.74 Å². The molecule has 0 saturated heterocycles. The molecule has 0 aliphatic rings. The first-order chi connectivity index (χ1) is 9.02. The van der Waals surface area contributed by atoms with Crippen molar-refractivity contribution in [3.63, 3.8) is 0 Å². The molecule has 2 aromatic rings. The third kappa shape index (κ3) is 3.38. The molecule has 1 nitrogen and oxygen atoms in total. The number of rotatable bonds is 3. The van der Waals surface area contributed by atoms with Crippen molar-refractivity contribution < 1.29 is 4.74 Å². The molecule has 0 amide bonds. The normalized spacial score (nSPS) is 12.3. The van der Waals surface area contributed by atoms with E-state index in [1.807, 2.05) is 18.2 Å². The predicted molar refractivity (Wildman–Crippen MR) is 84.9 cm³/mol. The van der Waals surface area contributed by atoms with Crippen LogP contribution in [0.3, 0.4) is 0 Å². The molecular weight excluding hydrogens is 370 g/mol. The summed E-state index contributed by atoms with van der Waals surface area (Å²) in [6.07, 6.45) is 0. The molecule has 0 heterocycles. The standard InChI is InChI=1S/C14H10BrCl3O/c1-19-14-11(6-10(17)7-12(14)15)13(18)8-3-2-4-9(16)5-8/h2-7,13H,1H3. The molecule has 0 saturated carbocycles. The number of halogens is 4.